The van der Waals surface area contributed by atoms with Crippen LogP contribution in [0.2, 0.25) is 0 Å². The van der Waals surface area contributed by atoms with Crippen LogP contribution in [0.3, 0.4) is 0 Å². The van der Waals surface area contributed by atoms with Gasteiger partial charge in [-0.1, -0.05) is 36.4 Å². The molecule has 0 bridgehead atoms. The summed E-state index contributed by atoms with van der Waals surface area (Å²) >= 11 is 0. The number of carbonyl (C=O) groups is 2. The molecule has 3 rings (SSSR count). The number of benzene rings is 2. The molecule has 1 heterocycles. The summed E-state index contributed by atoms with van der Waals surface area (Å²) in [7, 11) is -4.17. The minimum atomic E-state index is -4.17. The molecule has 1 aliphatic rings. The highest BCUT2D eigenvalue weighted by Crippen LogP contribution is 2.26. The standard InChI is InChI=1S/C25H32N4O5S/c1-2-34-25(31)22-20(10-11-21(23(22)26)35(27,32)33)24(30)28-14-6-7-15-29-16-12-19(13-17-29)18-8-4-3-5-9-18/h3-5,8-12H,2,6-7,13-17,26H2,1H3,(H,28,30)(H2,27,32,33). The molecule has 0 saturated carbocycles. The number of hydrogen-bond acceptors (Lipinski definition) is 7. The molecule has 0 radical (unpaired) electrons. The zero-order valence-electron chi connectivity index (χ0n) is 19.8. The van der Waals surface area contributed by atoms with Crippen LogP contribution >= 0.6 is 0 Å². The maximum Gasteiger partial charge on any atom is 0.341 e. The molecular weight excluding hydrogens is 468 g/mol. The van der Waals surface area contributed by atoms with Gasteiger partial charge in [0.1, 0.15) is 4.90 Å². The van der Waals surface area contributed by atoms with E-state index in [1.54, 1.807) is 6.92 Å². The second-order valence-electron chi connectivity index (χ2n) is 8.27. The molecule has 0 fully saturated rings. The molecule has 0 aliphatic carbocycles. The smallest absolute Gasteiger partial charge is 0.341 e. The second-order valence-corrected chi connectivity index (χ2v) is 9.80. The van der Waals surface area contributed by atoms with Crippen molar-refractivity contribution in [2.24, 2.45) is 5.14 Å². The van der Waals surface area contributed by atoms with Crippen molar-refractivity contribution >= 4 is 33.2 Å². The molecule has 2 aromatic carbocycles. The van der Waals surface area contributed by atoms with Crippen LogP contribution in [-0.2, 0) is 14.8 Å². The fraction of sp³-hybridized carbons (Fsp3) is 0.360. The van der Waals surface area contributed by atoms with Crippen LogP contribution < -0.4 is 16.2 Å². The summed E-state index contributed by atoms with van der Waals surface area (Å²) in [5.41, 5.74) is 7.79. The normalized spacial score (nSPS) is 14.3. The summed E-state index contributed by atoms with van der Waals surface area (Å²) in [6.07, 6.45) is 4.92. The number of ether oxygens (including phenoxy) is 1. The number of hydrogen-bond donors (Lipinski definition) is 3. The van der Waals surface area contributed by atoms with Crippen molar-refractivity contribution in [2.45, 2.75) is 31.1 Å². The van der Waals surface area contributed by atoms with E-state index in [9.17, 15) is 18.0 Å². The van der Waals surface area contributed by atoms with Crippen molar-refractivity contribution in [3.05, 3.63) is 65.2 Å². The molecule has 0 saturated heterocycles. The first-order valence-electron chi connectivity index (χ1n) is 11.6. The fourth-order valence-electron chi connectivity index (χ4n) is 4.05. The zero-order valence-corrected chi connectivity index (χ0v) is 20.6. The Kier molecular flexibility index (Phi) is 9.02. The van der Waals surface area contributed by atoms with Crippen LogP contribution in [0.4, 0.5) is 5.69 Å². The molecule has 2 aromatic rings. The highest BCUT2D eigenvalue weighted by molar-refractivity contribution is 7.89. The first kappa shape index (κ1) is 26.4. The molecule has 188 valence electrons. The molecule has 10 heteroatoms. The number of carbonyl (C=O) groups excluding carboxylic acids is 2. The molecule has 0 spiro atoms. The topological polar surface area (TPSA) is 145 Å². The highest BCUT2D eigenvalue weighted by atomic mass is 32.2. The van der Waals surface area contributed by atoms with E-state index in [4.69, 9.17) is 15.6 Å². The molecular formula is C25H32N4O5S. The SMILES string of the molecule is CCOC(=O)c1c(C(=O)NCCCCN2CC=C(c3ccccc3)CC2)ccc(S(N)(=O)=O)c1N. The maximum absolute atomic E-state index is 12.7. The molecule has 9 nitrogen and oxygen atoms in total. The number of amides is 1. The van der Waals surface area contributed by atoms with Gasteiger partial charge in [0.25, 0.3) is 5.91 Å². The second kappa shape index (κ2) is 12.0. The Labute approximate surface area is 206 Å². The van der Waals surface area contributed by atoms with E-state index in [2.05, 4.69) is 40.6 Å². The first-order valence-corrected chi connectivity index (χ1v) is 13.1. The van der Waals surface area contributed by atoms with Crippen molar-refractivity contribution in [2.75, 3.05) is 38.5 Å². The van der Waals surface area contributed by atoms with Crippen molar-refractivity contribution in [3.8, 4) is 0 Å². The summed E-state index contributed by atoms with van der Waals surface area (Å²) in [6, 6.07) is 12.7. The molecule has 5 N–H and O–H groups in total. The predicted molar refractivity (Wildman–Crippen MR) is 135 cm³/mol. The monoisotopic (exact) mass is 500 g/mol. The maximum atomic E-state index is 12.7. The van der Waals surface area contributed by atoms with E-state index in [-0.39, 0.29) is 17.7 Å². The largest absolute Gasteiger partial charge is 0.462 e. The van der Waals surface area contributed by atoms with E-state index >= 15 is 0 Å². The van der Waals surface area contributed by atoms with Gasteiger partial charge in [0.05, 0.1) is 23.4 Å². The fourth-order valence-corrected chi connectivity index (χ4v) is 4.71. The number of nitrogens with zero attached hydrogens (tertiary/aromatic N) is 1. The summed E-state index contributed by atoms with van der Waals surface area (Å²) in [4.78, 5) is 27.1. The van der Waals surface area contributed by atoms with Gasteiger partial charge in [0.15, 0.2) is 0 Å². The van der Waals surface area contributed by atoms with Gasteiger partial charge in [0.2, 0.25) is 10.0 Å². The Bertz CT molecular complexity index is 1200. The van der Waals surface area contributed by atoms with Gasteiger partial charge in [0, 0.05) is 19.6 Å². The average Bonchev–Trinajstić information content (AvgIpc) is 2.83. The average molecular weight is 501 g/mol. The third kappa shape index (κ3) is 6.91. The number of rotatable bonds is 10. The lowest BCUT2D eigenvalue weighted by molar-refractivity contribution is 0.0523. The Morgan fingerprint density at radius 2 is 1.86 bits per heavy atom. The molecule has 0 aromatic heterocycles. The number of nitrogens with two attached hydrogens (primary N) is 2. The van der Waals surface area contributed by atoms with Gasteiger partial charge >= 0.3 is 5.97 Å². The van der Waals surface area contributed by atoms with Gasteiger partial charge in [-0.2, -0.15) is 0 Å². The first-order chi connectivity index (χ1) is 16.7. The predicted octanol–water partition coefficient (Wildman–Crippen LogP) is 2.39. The van der Waals surface area contributed by atoms with Crippen LogP contribution in [0.1, 0.15) is 52.5 Å². The molecule has 1 aliphatic heterocycles. The van der Waals surface area contributed by atoms with Gasteiger partial charge in [-0.15, -0.1) is 0 Å². The van der Waals surface area contributed by atoms with E-state index < -0.39 is 32.5 Å². The van der Waals surface area contributed by atoms with Gasteiger partial charge in [-0.05, 0) is 56.0 Å². The number of anilines is 1. The van der Waals surface area contributed by atoms with E-state index in [1.807, 2.05) is 6.07 Å². The summed E-state index contributed by atoms with van der Waals surface area (Å²) in [6.45, 7) is 4.84. The van der Waals surface area contributed by atoms with Crippen molar-refractivity contribution in [3.63, 3.8) is 0 Å². The van der Waals surface area contributed by atoms with Crippen LogP contribution in [-0.4, -0.2) is 58.0 Å². The third-order valence-corrected chi connectivity index (χ3v) is 6.83. The van der Waals surface area contributed by atoms with Gasteiger partial charge < -0.3 is 15.8 Å². The Morgan fingerprint density at radius 3 is 2.49 bits per heavy atom. The lowest BCUT2D eigenvalue weighted by atomic mass is 9.99. The molecule has 0 unspecified atom stereocenters. The zero-order chi connectivity index (χ0) is 25.4. The highest BCUT2D eigenvalue weighted by Gasteiger charge is 2.26. The minimum Gasteiger partial charge on any atom is -0.462 e. The van der Waals surface area contributed by atoms with Crippen LogP contribution in [0, 0.1) is 0 Å². The van der Waals surface area contributed by atoms with E-state index in [0.29, 0.717) is 6.54 Å². The van der Waals surface area contributed by atoms with Gasteiger partial charge in [-0.25, -0.2) is 18.4 Å². The van der Waals surface area contributed by atoms with Crippen molar-refractivity contribution in [1.29, 1.82) is 0 Å². The number of nitrogens with one attached hydrogen (secondary N) is 1. The lowest BCUT2D eigenvalue weighted by Gasteiger charge is -2.26. The number of esters is 1. The molecule has 1 amide bonds. The van der Waals surface area contributed by atoms with Crippen molar-refractivity contribution in [1.82, 2.24) is 10.2 Å². The number of primary sulfonamides is 1. The van der Waals surface area contributed by atoms with Crippen molar-refractivity contribution < 1.29 is 22.7 Å². The molecule has 35 heavy (non-hydrogen) atoms. The van der Waals surface area contributed by atoms with E-state index in [0.717, 1.165) is 45.0 Å². The van der Waals surface area contributed by atoms with Crippen LogP contribution in [0.15, 0.2) is 53.4 Å². The molecule has 0 atom stereocenters. The Morgan fingerprint density at radius 1 is 1.11 bits per heavy atom. The summed E-state index contributed by atoms with van der Waals surface area (Å²) in [5.74, 6) is -1.41. The Balaban J connectivity index is 1.53. The quantitative estimate of drug-likeness (QED) is 0.258. The number of sulfonamides is 1. The van der Waals surface area contributed by atoms with Crippen LogP contribution in [0.5, 0.6) is 0 Å². The van der Waals surface area contributed by atoms with Gasteiger partial charge in [-0.3, -0.25) is 9.69 Å². The van der Waals surface area contributed by atoms with E-state index in [1.165, 1.54) is 17.2 Å². The number of unbranched alkanes of at least 4 members (excludes halogenated alkanes) is 1. The van der Waals surface area contributed by atoms with Crippen LogP contribution in [0.25, 0.3) is 5.57 Å². The summed E-state index contributed by atoms with van der Waals surface area (Å²) < 4.78 is 28.5. The Hall–Kier alpha value is -3.21. The lowest BCUT2D eigenvalue weighted by Crippen LogP contribution is -2.31. The summed E-state index contributed by atoms with van der Waals surface area (Å²) in [5, 5.41) is 7.95. The minimum absolute atomic E-state index is 0.0392. The third-order valence-electron chi connectivity index (χ3n) is 5.86. The number of nitrogen functional groups attached to an aromatic ring is 1.